The first-order valence-corrected chi connectivity index (χ1v) is 7.02. The van der Waals surface area contributed by atoms with Gasteiger partial charge in [0.1, 0.15) is 18.1 Å². The zero-order chi connectivity index (χ0) is 14.1. The lowest BCUT2D eigenvalue weighted by atomic mass is 10.1. The summed E-state index contributed by atoms with van der Waals surface area (Å²) in [7, 11) is 0. The molecule has 0 saturated carbocycles. The quantitative estimate of drug-likeness (QED) is 0.657. The lowest BCUT2D eigenvalue weighted by Crippen LogP contribution is -2.30. The van der Waals surface area contributed by atoms with Crippen molar-refractivity contribution in [2.24, 2.45) is 0 Å². The number of para-hydroxylation sites is 1. The van der Waals surface area contributed by atoms with E-state index in [9.17, 15) is 0 Å². The topological polar surface area (TPSA) is 31.6 Å². The largest absolute Gasteiger partial charge is 0.367 e. The molecule has 0 spiro atoms. The molecule has 3 nitrogen and oxygen atoms in total. The van der Waals surface area contributed by atoms with Crippen molar-refractivity contribution in [1.82, 2.24) is 14.5 Å². The minimum Gasteiger partial charge on any atom is -0.367 e. The Kier molecular flexibility index (Phi) is 2.66. The number of nitrogens with one attached hydrogen (secondary N) is 2. The van der Waals surface area contributed by atoms with Crippen molar-refractivity contribution >= 4 is 17.1 Å². The predicted molar refractivity (Wildman–Crippen MR) is 86.6 cm³/mol. The van der Waals surface area contributed by atoms with Gasteiger partial charge >= 0.3 is 0 Å². The summed E-state index contributed by atoms with van der Waals surface area (Å²) in [5.41, 5.74) is 3.63. The van der Waals surface area contributed by atoms with Gasteiger partial charge in [0.25, 0.3) is 0 Å². The van der Waals surface area contributed by atoms with Gasteiger partial charge in [-0.3, -0.25) is 0 Å². The fraction of sp³-hybridized carbons (Fsp3) is 0. The van der Waals surface area contributed by atoms with Crippen LogP contribution in [0.5, 0.6) is 0 Å². The summed E-state index contributed by atoms with van der Waals surface area (Å²) in [5.74, 6) is 1.13. The Morgan fingerprint density at radius 2 is 1.76 bits per heavy atom. The highest BCUT2D eigenvalue weighted by Gasteiger charge is 2.34. The molecule has 0 aliphatic carbocycles. The molecule has 1 aliphatic heterocycles. The van der Waals surface area contributed by atoms with Crippen LogP contribution in [0.4, 0.5) is 11.5 Å². The minimum absolute atomic E-state index is 0.578. The van der Waals surface area contributed by atoms with Gasteiger partial charge in [0.15, 0.2) is 0 Å². The molecule has 0 amide bonds. The van der Waals surface area contributed by atoms with Crippen molar-refractivity contribution in [2.45, 2.75) is 0 Å². The fourth-order valence-electron chi connectivity index (χ4n) is 2.85. The molecule has 1 unspecified atom stereocenters. The second-order valence-corrected chi connectivity index (χ2v) is 5.17. The first-order valence-electron chi connectivity index (χ1n) is 7.02. The number of rotatable bonds is 3. The normalized spacial score (nSPS) is 20.7. The zero-order valence-electron chi connectivity index (χ0n) is 11.5. The van der Waals surface area contributed by atoms with E-state index < -0.39 is 0 Å². The molecule has 1 atom stereocenters. The molecular weight excluding hydrogens is 258 g/mol. The van der Waals surface area contributed by atoms with Crippen LogP contribution in [0.25, 0.3) is 5.57 Å². The van der Waals surface area contributed by atoms with E-state index in [2.05, 4.69) is 64.8 Å². The third kappa shape index (κ3) is 1.87. The van der Waals surface area contributed by atoms with Crippen LogP contribution in [-0.4, -0.2) is 9.97 Å². The van der Waals surface area contributed by atoms with E-state index in [0.717, 1.165) is 5.82 Å². The van der Waals surface area contributed by atoms with Crippen molar-refractivity contribution in [3.05, 3.63) is 91.2 Å². The lowest BCUT2D eigenvalue weighted by Gasteiger charge is -2.26. The maximum atomic E-state index is 3.35. The van der Waals surface area contributed by atoms with Crippen molar-refractivity contribution < 1.29 is 0 Å². The molecule has 1 aliphatic rings. The van der Waals surface area contributed by atoms with Crippen LogP contribution in [0.2, 0.25) is 0 Å². The maximum absolute atomic E-state index is 3.35. The Balaban J connectivity index is 1.90. The van der Waals surface area contributed by atoms with Crippen LogP contribution in [0.1, 0.15) is 5.56 Å². The van der Waals surface area contributed by atoms with Gasteiger partial charge in [-0.2, -0.15) is 4.48 Å². The highest BCUT2D eigenvalue weighted by atomic mass is 15.4. The van der Waals surface area contributed by atoms with Crippen LogP contribution in [0.3, 0.4) is 0 Å². The summed E-state index contributed by atoms with van der Waals surface area (Å²) in [6.07, 6.45) is 12.6. The Morgan fingerprint density at radius 3 is 2.48 bits per heavy atom. The highest BCUT2D eigenvalue weighted by molar-refractivity contribution is 5.81. The standard InChI is InChI=1S/C18H16N3/c1-2-5-17(6-3-1)21(18-7-4-10-20-18)12-9-16(14-21)15-8-11-19-13-15/h1-14,19-20H/q+1. The fourth-order valence-corrected chi connectivity index (χ4v) is 2.85. The number of hydrogen-bond acceptors (Lipinski definition) is 0. The Hall–Kier alpha value is -2.78. The van der Waals surface area contributed by atoms with E-state index in [1.165, 1.54) is 16.8 Å². The van der Waals surface area contributed by atoms with Gasteiger partial charge in [-0.25, -0.2) is 0 Å². The van der Waals surface area contributed by atoms with Crippen molar-refractivity contribution in [1.29, 1.82) is 0 Å². The lowest BCUT2D eigenvalue weighted by molar-refractivity contribution is 0.668. The van der Waals surface area contributed by atoms with Crippen molar-refractivity contribution in [3.8, 4) is 0 Å². The second-order valence-electron chi connectivity index (χ2n) is 5.17. The molecule has 0 bridgehead atoms. The number of aromatic amines is 2. The summed E-state index contributed by atoms with van der Waals surface area (Å²) in [4.78, 5) is 6.47. The molecular formula is C18H16N3+. The monoisotopic (exact) mass is 274 g/mol. The highest BCUT2D eigenvalue weighted by Crippen LogP contribution is 2.40. The van der Waals surface area contributed by atoms with Gasteiger partial charge in [-0.1, -0.05) is 18.2 Å². The van der Waals surface area contributed by atoms with Gasteiger partial charge in [-0.15, -0.1) is 0 Å². The van der Waals surface area contributed by atoms with E-state index in [0.29, 0.717) is 4.48 Å². The van der Waals surface area contributed by atoms with E-state index in [-0.39, 0.29) is 0 Å². The number of benzene rings is 1. The zero-order valence-corrected chi connectivity index (χ0v) is 11.5. The van der Waals surface area contributed by atoms with Crippen LogP contribution in [-0.2, 0) is 0 Å². The Morgan fingerprint density at radius 1 is 0.857 bits per heavy atom. The first kappa shape index (κ1) is 12.0. The molecule has 102 valence electrons. The first-order chi connectivity index (χ1) is 10.4. The molecule has 2 aromatic heterocycles. The van der Waals surface area contributed by atoms with Gasteiger partial charge in [0.05, 0.1) is 0 Å². The smallest absolute Gasteiger partial charge is 0.219 e. The molecule has 0 fully saturated rings. The Bertz CT molecular complexity index is 780. The molecule has 3 aromatic rings. The van der Waals surface area contributed by atoms with E-state index in [1.807, 2.05) is 30.7 Å². The molecule has 4 rings (SSSR count). The molecule has 3 heteroatoms. The molecule has 1 aromatic carbocycles. The van der Waals surface area contributed by atoms with Crippen LogP contribution in [0, 0.1) is 0 Å². The number of quaternary nitrogens is 1. The minimum atomic E-state index is 0.578. The predicted octanol–water partition coefficient (Wildman–Crippen LogP) is 4.55. The third-order valence-corrected chi connectivity index (χ3v) is 3.93. The number of H-pyrrole nitrogens is 2. The molecule has 0 saturated heterocycles. The van der Waals surface area contributed by atoms with Crippen molar-refractivity contribution in [2.75, 3.05) is 0 Å². The van der Waals surface area contributed by atoms with Crippen molar-refractivity contribution in [3.63, 3.8) is 0 Å². The maximum Gasteiger partial charge on any atom is 0.219 e. The summed E-state index contributed by atoms with van der Waals surface area (Å²) in [6.45, 7) is 0. The van der Waals surface area contributed by atoms with E-state index >= 15 is 0 Å². The molecule has 0 radical (unpaired) electrons. The number of aromatic nitrogens is 2. The summed E-state index contributed by atoms with van der Waals surface area (Å²) < 4.78 is 0.578. The molecule has 2 N–H and O–H groups in total. The SMILES string of the molecule is C1=C[N+](c2ccccc2)(c2ccc[nH]2)C=C1c1cc[nH]c1. The summed E-state index contributed by atoms with van der Waals surface area (Å²) >= 11 is 0. The number of hydrogen-bond donors (Lipinski definition) is 2. The second kappa shape index (κ2) is 4.65. The van der Waals surface area contributed by atoms with Crippen LogP contribution in [0.15, 0.2) is 85.6 Å². The Labute approximate surface area is 123 Å². The van der Waals surface area contributed by atoms with Gasteiger partial charge in [-0.05, 0) is 12.1 Å². The molecule has 3 heterocycles. The van der Waals surface area contributed by atoms with Crippen LogP contribution >= 0.6 is 0 Å². The van der Waals surface area contributed by atoms with E-state index in [4.69, 9.17) is 0 Å². The van der Waals surface area contributed by atoms with Gasteiger partial charge in [0, 0.05) is 54.0 Å². The number of allylic oxidation sites excluding steroid dienone is 2. The van der Waals surface area contributed by atoms with E-state index in [1.54, 1.807) is 0 Å². The van der Waals surface area contributed by atoms with Gasteiger partial charge in [0.2, 0.25) is 5.82 Å². The summed E-state index contributed by atoms with van der Waals surface area (Å²) in [6, 6.07) is 16.8. The average molecular weight is 274 g/mol. The third-order valence-electron chi connectivity index (χ3n) is 3.93. The van der Waals surface area contributed by atoms with Gasteiger partial charge < -0.3 is 9.97 Å². The summed E-state index contributed by atoms with van der Waals surface area (Å²) in [5, 5.41) is 0. The van der Waals surface area contributed by atoms with Crippen LogP contribution < -0.4 is 4.48 Å². The molecule has 21 heavy (non-hydrogen) atoms. The number of nitrogens with zero attached hydrogens (tertiary/aromatic N) is 1. The average Bonchev–Trinajstić information content (AvgIpc) is 3.28.